The van der Waals surface area contributed by atoms with Gasteiger partial charge in [-0.25, -0.2) is 0 Å². The summed E-state index contributed by atoms with van der Waals surface area (Å²) in [5.74, 6) is 0. The maximum atomic E-state index is 6.58. The molecule has 0 saturated carbocycles. The first-order valence-electron chi connectivity index (χ1n) is 39.5. The van der Waals surface area contributed by atoms with E-state index in [1.807, 2.05) is 94.3 Å². The molecule has 0 unspecified atom stereocenters. The molecule has 0 fully saturated rings. The zero-order valence-corrected chi connectivity index (χ0v) is 71.9. The van der Waals surface area contributed by atoms with Gasteiger partial charge < -0.3 is 29.2 Å². The van der Waals surface area contributed by atoms with Crippen molar-refractivity contribution in [3.63, 3.8) is 0 Å². The molecule has 24 rings (SSSR count). The highest BCUT2D eigenvalue weighted by molar-refractivity contribution is 14.1. The minimum Gasteiger partial charge on any atom is -0.454 e. The number of nitrogens with one attached hydrogen (secondary N) is 1. The molecule has 19 aromatic carbocycles. The van der Waals surface area contributed by atoms with Crippen LogP contribution in [0.4, 0.5) is 34.1 Å². The number of thiophene rings is 2. The zero-order chi connectivity index (χ0) is 81.0. The van der Waals surface area contributed by atoms with Crippen molar-refractivity contribution in [3.8, 4) is 33.4 Å². The van der Waals surface area contributed by atoms with Gasteiger partial charge in [0, 0.05) is 88.3 Å². The molecule has 0 radical (unpaired) electrons. The normalized spacial score (nSPS) is 11.1. The molecule has 5 heterocycles. The molecule has 5 aromatic heterocycles. The van der Waals surface area contributed by atoms with Gasteiger partial charge in [-0.2, -0.15) is 0 Å². The summed E-state index contributed by atoms with van der Waals surface area (Å²) >= 11 is 12.9. The number of hydrogen-bond acceptors (Lipinski definition) is 8. The molecule has 0 aliphatic carbocycles. The summed E-state index contributed by atoms with van der Waals surface area (Å²) in [5.41, 5.74) is 24.5. The van der Waals surface area contributed by atoms with Gasteiger partial charge in [0.2, 0.25) is 0 Å². The molecule has 6 nitrogen and oxygen atoms in total. The fourth-order valence-electron chi connectivity index (χ4n) is 16.3. The summed E-state index contributed by atoms with van der Waals surface area (Å²) in [5, 5.41) is 23.1. The van der Waals surface area contributed by atoms with E-state index in [1.54, 1.807) is 0 Å². The van der Waals surface area contributed by atoms with Gasteiger partial charge in [-0.15, -0.1) is 22.7 Å². The summed E-state index contributed by atoms with van der Waals surface area (Å²) in [6.07, 6.45) is 0. The van der Waals surface area contributed by atoms with Crippen LogP contribution in [0.2, 0.25) is 0 Å². The van der Waals surface area contributed by atoms with Crippen LogP contribution in [-0.2, 0) is 0 Å². The van der Waals surface area contributed by atoms with E-state index < -0.39 is 0 Å². The third-order valence-electron chi connectivity index (χ3n) is 21.9. The fourth-order valence-corrected chi connectivity index (χ4v) is 19.5. The molecule has 0 aliphatic heterocycles. The second-order valence-corrected chi connectivity index (χ2v) is 32.9. The van der Waals surface area contributed by atoms with E-state index in [-0.39, 0.29) is 7.43 Å². The van der Waals surface area contributed by atoms with Crippen LogP contribution in [0.1, 0.15) is 7.43 Å². The first-order chi connectivity index (χ1) is 59.3. The zero-order valence-electron chi connectivity index (χ0n) is 65.0. The average Bonchev–Trinajstić information content (AvgIpc) is 1.62. The Labute approximate surface area is 739 Å². The number of rotatable bonds is 8. The lowest BCUT2D eigenvalue weighted by atomic mass is 9.98. The third kappa shape index (κ3) is 15.8. The largest absolute Gasteiger partial charge is 0.454 e. The molecule has 3 N–H and O–H groups in total. The molecule has 0 amide bonds. The summed E-state index contributed by atoms with van der Waals surface area (Å²) in [6, 6.07) is 144. The number of fused-ring (bicyclic) bond motifs is 18. The van der Waals surface area contributed by atoms with Gasteiger partial charge in [-0.1, -0.05) is 361 Å². The van der Waals surface area contributed by atoms with Gasteiger partial charge in [0.15, 0.2) is 16.7 Å². The van der Waals surface area contributed by atoms with Gasteiger partial charge in [-0.3, -0.25) is 0 Å². The van der Waals surface area contributed by atoms with Crippen molar-refractivity contribution in [1.82, 2.24) is 0 Å². The lowest BCUT2D eigenvalue weighted by molar-refractivity contribution is 0.669. The summed E-state index contributed by atoms with van der Waals surface area (Å²) in [4.78, 5) is 4.34. The molecule has 0 spiro atoms. The first kappa shape index (κ1) is 79.0. The van der Waals surface area contributed by atoms with Crippen molar-refractivity contribution in [1.29, 1.82) is 0 Å². The third-order valence-corrected chi connectivity index (χ3v) is 25.8. The number of nitrogens with zero attached hydrogens (tertiary/aromatic N) is 1. The van der Waals surface area contributed by atoms with E-state index in [0.717, 1.165) is 98.7 Å². The number of halogens is 3. The van der Waals surface area contributed by atoms with E-state index in [0.29, 0.717) is 5.69 Å². The number of benzene rings is 19. The monoisotopic (exact) mass is 1840 g/mol. The van der Waals surface area contributed by atoms with Crippen molar-refractivity contribution in [2.75, 3.05) is 20.9 Å². The molecular weight excluding hydrogens is 1760 g/mol. The van der Waals surface area contributed by atoms with Crippen LogP contribution in [0.25, 0.3) is 172 Å². The number of nitrogen functional groups attached to an aromatic ring is 1. The number of nitrogens with two attached hydrogens (primary N) is 1. The Bertz CT molecular complexity index is 7620. The van der Waals surface area contributed by atoms with Crippen LogP contribution < -0.4 is 16.0 Å². The number of alkyl halides is 1. The SMILES string of the molecule is Brc1ccc(-c2cccc3ccccc23)cc1.Brc1cccc2c1sc1ccccc12.C.CI.Nc1cccc2c1oc1ccccc12.c1ccc2c(-c3ccc(N(c4cccc5c4oc4ccccc45)c4cccc5c4sc4ccccc45)cc3)cccc2c1.c1ccc2c(-c3ccc(Nc4cccc5c4oc4ccccc45)cc3)cccc2c1. The summed E-state index contributed by atoms with van der Waals surface area (Å²) in [7, 11) is 0. The molecule has 11 heteroatoms. The lowest BCUT2D eigenvalue weighted by Gasteiger charge is -2.26. The summed E-state index contributed by atoms with van der Waals surface area (Å²) in [6.45, 7) is 0. The Hall–Kier alpha value is -13.1. The van der Waals surface area contributed by atoms with E-state index >= 15 is 0 Å². The predicted molar refractivity (Wildman–Crippen MR) is 540 cm³/mol. The Balaban J connectivity index is 0.000000111. The van der Waals surface area contributed by atoms with Gasteiger partial charge >= 0.3 is 0 Å². The van der Waals surface area contributed by atoms with E-state index in [4.69, 9.17) is 19.0 Å². The van der Waals surface area contributed by atoms with Gasteiger partial charge in [0.05, 0.1) is 27.4 Å². The van der Waals surface area contributed by atoms with Crippen LogP contribution >= 0.6 is 77.1 Å². The maximum absolute atomic E-state index is 6.58. The van der Waals surface area contributed by atoms with Crippen molar-refractivity contribution >= 4 is 250 Å². The standard InChI is InChI=1S/C40H25NOS.C28H19NO.C16H11Br.C12H7BrS.C12H9NO.CH3I.CH4/c1-2-12-29-26(10-1)11-7-15-30(29)27-22-24-28(25-23-27)41(35-18-8-16-33-31-13-3-5-20-37(31)42-39(33)35)36-19-9-17-34-32-14-4-6-21-38(32)43-40(34)36;1-2-9-22-19(7-1)8-5-11-23(22)20-15-17-21(18-16-20)29-26-13-6-12-25-24-10-3-4-14-27(24)30-28(25)26;17-14-10-8-13(9-11-14)16-7-3-5-12-4-1-2-6-15(12)16;2*13-10-6-3-5-9-8-4-1-2-7-11(8)14-12(9)10;1-2;/h1-25H;1-18,29H;1-11H;1-7H;1-7H,13H2;1H3;1H4. The second-order valence-electron chi connectivity index (χ2n) is 29.0. The molecule has 0 atom stereocenters. The Kier molecular flexibility index (Phi) is 23.1. The number of hydrogen-bond donors (Lipinski definition) is 2. The van der Waals surface area contributed by atoms with Crippen LogP contribution in [0, 0.1) is 0 Å². The topological polar surface area (TPSA) is 80.7 Å². The minimum atomic E-state index is 0. The second kappa shape index (κ2) is 35.4. The molecule has 0 saturated heterocycles. The smallest absolute Gasteiger partial charge is 0.159 e. The quantitative estimate of drug-likeness (QED) is 0.0896. The average molecular weight is 1840 g/mol. The van der Waals surface area contributed by atoms with Crippen LogP contribution in [-0.4, -0.2) is 4.93 Å². The Morgan fingerprint density at radius 3 is 1.16 bits per heavy atom. The molecular formula is C110H78Br2IN3O3S2. The Morgan fingerprint density at radius 1 is 0.289 bits per heavy atom. The number of anilines is 6. The van der Waals surface area contributed by atoms with Gasteiger partial charge in [0.1, 0.15) is 16.7 Å². The van der Waals surface area contributed by atoms with Gasteiger partial charge in [0.25, 0.3) is 0 Å². The highest BCUT2D eigenvalue weighted by Crippen LogP contribution is 2.49. The van der Waals surface area contributed by atoms with Crippen molar-refractivity contribution in [3.05, 3.63) is 421 Å². The lowest BCUT2D eigenvalue weighted by Crippen LogP contribution is -2.10. The van der Waals surface area contributed by atoms with E-state index in [1.165, 1.54) is 111 Å². The van der Waals surface area contributed by atoms with Gasteiger partial charge in [-0.05, 0) is 184 Å². The minimum absolute atomic E-state index is 0. The number of para-hydroxylation sites is 6. The van der Waals surface area contributed by atoms with Crippen LogP contribution in [0.15, 0.2) is 435 Å². The molecule has 121 heavy (non-hydrogen) atoms. The maximum Gasteiger partial charge on any atom is 0.159 e. The number of furan rings is 3. The molecule has 24 aromatic rings. The fraction of sp³-hybridized carbons (Fsp3) is 0.0182. The predicted octanol–water partition coefficient (Wildman–Crippen LogP) is 35.3. The molecule has 0 aliphatic rings. The first-order valence-corrected chi connectivity index (χ1v) is 44.9. The van der Waals surface area contributed by atoms with Crippen LogP contribution in [0.5, 0.6) is 0 Å². The molecule has 584 valence electrons. The van der Waals surface area contributed by atoms with Crippen LogP contribution in [0.3, 0.4) is 0 Å². The van der Waals surface area contributed by atoms with Crippen molar-refractivity contribution < 1.29 is 13.3 Å². The molecule has 0 bridgehead atoms. The van der Waals surface area contributed by atoms with Crippen molar-refractivity contribution in [2.45, 2.75) is 7.43 Å². The van der Waals surface area contributed by atoms with Crippen molar-refractivity contribution in [2.24, 2.45) is 0 Å². The highest BCUT2D eigenvalue weighted by atomic mass is 127. The highest BCUT2D eigenvalue weighted by Gasteiger charge is 2.23. The summed E-state index contributed by atoms with van der Waals surface area (Å²) < 4.78 is 25.9. The van der Waals surface area contributed by atoms with E-state index in [2.05, 4.69) is 410 Å². The Morgan fingerprint density at radius 2 is 0.636 bits per heavy atom. The van der Waals surface area contributed by atoms with E-state index in [9.17, 15) is 0 Å².